The van der Waals surface area contributed by atoms with Crippen molar-refractivity contribution in [3.8, 4) is 34.3 Å². The summed E-state index contributed by atoms with van der Waals surface area (Å²) < 4.78 is 53.5. The number of carbonyl (C=O) groups excluding carboxylic acids is 1. The zero-order valence-electron chi connectivity index (χ0n) is 14.6. The Bertz CT molecular complexity index is 1190. The second-order valence-electron chi connectivity index (χ2n) is 5.78. The number of halogens is 3. The van der Waals surface area contributed by atoms with E-state index in [-0.39, 0.29) is 22.8 Å². The first-order chi connectivity index (χ1) is 13.8. The Hall–Kier alpha value is -3.89. The van der Waals surface area contributed by atoms with Crippen molar-refractivity contribution in [3.05, 3.63) is 43.0 Å². The number of methoxy groups -OCH3 is 1. The highest BCUT2D eigenvalue weighted by Crippen LogP contribution is 2.36. The van der Waals surface area contributed by atoms with Crippen molar-refractivity contribution in [2.75, 3.05) is 7.11 Å². The van der Waals surface area contributed by atoms with Crippen molar-refractivity contribution in [1.29, 1.82) is 0 Å². The summed E-state index contributed by atoms with van der Waals surface area (Å²) in [6, 6.07) is 4.40. The molecule has 11 heteroatoms. The van der Waals surface area contributed by atoms with Crippen molar-refractivity contribution in [1.82, 2.24) is 19.9 Å². The van der Waals surface area contributed by atoms with Gasteiger partial charge in [-0.3, -0.25) is 4.98 Å². The van der Waals surface area contributed by atoms with Crippen LogP contribution in [0.25, 0.3) is 33.9 Å². The van der Waals surface area contributed by atoms with Gasteiger partial charge in [0.25, 0.3) is 5.89 Å². The maximum atomic E-state index is 12.7. The maximum absolute atomic E-state index is 12.7. The molecular formula is C18H11F3N4O4. The van der Waals surface area contributed by atoms with Crippen molar-refractivity contribution in [2.45, 2.75) is 6.18 Å². The number of aromatic amines is 1. The minimum atomic E-state index is -5.17. The van der Waals surface area contributed by atoms with Gasteiger partial charge < -0.3 is 18.9 Å². The quantitative estimate of drug-likeness (QED) is 0.408. The molecule has 0 unspecified atom stereocenters. The molecule has 148 valence electrons. The summed E-state index contributed by atoms with van der Waals surface area (Å²) in [6.45, 7) is 0. The summed E-state index contributed by atoms with van der Waals surface area (Å²) in [7, 11) is 1.45. The standard InChI is InChI=1S/C18H11F3N4O4/c1-27-11-4-10(7-22-8-11)9-5-12-14(13(6-9)29-17(26)18(19,20)21)25-16(28-12)15-23-2-3-24-15/h2-8H,1H3,(H,23,24). The number of hydrogen-bond donors (Lipinski definition) is 1. The number of carbonyl (C=O) groups is 1. The van der Waals surface area contributed by atoms with Gasteiger partial charge >= 0.3 is 12.1 Å². The van der Waals surface area contributed by atoms with Crippen molar-refractivity contribution in [3.63, 3.8) is 0 Å². The molecule has 0 fully saturated rings. The molecule has 0 bridgehead atoms. The third-order valence-corrected chi connectivity index (χ3v) is 3.88. The molecule has 29 heavy (non-hydrogen) atoms. The van der Waals surface area contributed by atoms with Crippen LogP contribution in [0.4, 0.5) is 13.2 Å². The number of oxazole rings is 1. The van der Waals surface area contributed by atoms with Gasteiger partial charge in [0.05, 0.1) is 13.3 Å². The van der Waals surface area contributed by atoms with Gasteiger partial charge in [-0.2, -0.15) is 13.2 Å². The van der Waals surface area contributed by atoms with Crippen LogP contribution in [0.5, 0.6) is 11.5 Å². The Kier molecular flexibility index (Phi) is 4.41. The molecule has 0 amide bonds. The largest absolute Gasteiger partial charge is 0.495 e. The molecule has 1 aromatic carbocycles. The molecule has 0 aliphatic carbocycles. The Balaban J connectivity index is 1.88. The van der Waals surface area contributed by atoms with E-state index in [1.807, 2.05) is 0 Å². The zero-order chi connectivity index (χ0) is 20.6. The topological polar surface area (TPSA) is 103 Å². The SMILES string of the molecule is COc1cncc(-c2cc(OC(=O)C(F)(F)F)c3nc(-c4ncc[nH]4)oc3c2)c1. The number of ether oxygens (including phenoxy) is 2. The molecule has 0 spiro atoms. The molecule has 3 heterocycles. The fourth-order valence-electron chi connectivity index (χ4n) is 2.57. The Labute approximate surface area is 160 Å². The monoisotopic (exact) mass is 404 g/mol. The number of fused-ring (bicyclic) bond motifs is 1. The number of esters is 1. The average molecular weight is 404 g/mol. The van der Waals surface area contributed by atoms with Gasteiger partial charge in [-0.15, -0.1) is 0 Å². The molecule has 0 saturated carbocycles. The van der Waals surface area contributed by atoms with Gasteiger partial charge in [0.15, 0.2) is 22.7 Å². The summed E-state index contributed by atoms with van der Waals surface area (Å²) in [6.07, 6.45) is 0.761. The van der Waals surface area contributed by atoms with Crippen LogP contribution in [0.15, 0.2) is 47.4 Å². The lowest BCUT2D eigenvalue weighted by atomic mass is 10.1. The van der Waals surface area contributed by atoms with E-state index in [9.17, 15) is 18.0 Å². The Morgan fingerprint density at radius 1 is 1.17 bits per heavy atom. The predicted octanol–water partition coefficient (Wildman–Crippen LogP) is 3.76. The van der Waals surface area contributed by atoms with Crippen LogP contribution >= 0.6 is 0 Å². The number of aromatic nitrogens is 4. The van der Waals surface area contributed by atoms with Crippen LogP contribution in [0.1, 0.15) is 0 Å². The number of nitrogens with zero attached hydrogens (tertiary/aromatic N) is 3. The van der Waals surface area contributed by atoms with Crippen molar-refractivity contribution < 1.29 is 31.9 Å². The fraction of sp³-hybridized carbons (Fsp3) is 0.111. The van der Waals surface area contributed by atoms with Crippen LogP contribution in [0.2, 0.25) is 0 Å². The first kappa shape index (κ1) is 18.5. The summed E-state index contributed by atoms with van der Waals surface area (Å²) in [5, 5.41) is 0. The van der Waals surface area contributed by atoms with Gasteiger partial charge in [-0.1, -0.05) is 0 Å². The first-order valence-corrected chi connectivity index (χ1v) is 8.08. The number of pyridine rings is 1. The van der Waals surface area contributed by atoms with Gasteiger partial charge in [0.2, 0.25) is 0 Å². The minimum Gasteiger partial charge on any atom is -0.495 e. The highest BCUT2D eigenvalue weighted by atomic mass is 19.4. The van der Waals surface area contributed by atoms with Crippen LogP contribution < -0.4 is 9.47 Å². The maximum Gasteiger partial charge on any atom is 0.491 e. The van der Waals surface area contributed by atoms with Crippen molar-refractivity contribution >= 4 is 17.1 Å². The first-order valence-electron chi connectivity index (χ1n) is 8.08. The molecule has 3 aromatic heterocycles. The van der Waals surface area contributed by atoms with Crippen LogP contribution in [-0.2, 0) is 4.79 Å². The van der Waals surface area contributed by atoms with Crippen molar-refractivity contribution in [2.24, 2.45) is 0 Å². The number of nitrogens with one attached hydrogen (secondary N) is 1. The fourth-order valence-corrected chi connectivity index (χ4v) is 2.57. The van der Waals surface area contributed by atoms with Gasteiger partial charge in [-0.05, 0) is 23.8 Å². The summed E-state index contributed by atoms with van der Waals surface area (Å²) in [4.78, 5) is 26.3. The molecular weight excluding hydrogens is 393 g/mol. The molecule has 0 aliphatic rings. The molecule has 0 saturated heterocycles. The number of imidazole rings is 1. The Morgan fingerprint density at radius 2 is 2.00 bits per heavy atom. The molecule has 4 aromatic rings. The lowest BCUT2D eigenvalue weighted by Gasteiger charge is -2.09. The third kappa shape index (κ3) is 3.61. The number of rotatable bonds is 4. The van der Waals surface area contributed by atoms with Gasteiger partial charge in [-0.25, -0.2) is 14.8 Å². The highest BCUT2D eigenvalue weighted by molar-refractivity contribution is 5.90. The lowest BCUT2D eigenvalue weighted by Crippen LogP contribution is -2.28. The smallest absolute Gasteiger partial charge is 0.491 e. The minimum absolute atomic E-state index is 0.0234. The molecule has 0 radical (unpaired) electrons. The number of alkyl halides is 3. The molecule has 4 rings (SSSR count). The average Bonchev–Trinajstić information content (AvgIpc) is 3.36. The number of hydrogen-bond acceptors (Lipinski definition) is 7. The van der Waals surface area contributed by atoms with E-state index in [2.05, 4.69) is 24.7 Å². The van der Waals surface area contributed by atoms with Crippen LogP contribution in [0, 0.1) is 0 Å². The number of benzene rings is 1. The summed E-state index contributed by atoms with van der Waals surface area (Å²) >= 11 is 0. The second kappa shape index (κ2) is 6.93. The summed E-state index contributed by atoms with van der Waals surface area (Å²) in [5.74, 6) is -2.06. The van der Waals surface area contributed by atoms with E-state index in [1.165, 1.54) is 44.0 Å². The van der Waals surface area contributed by atoms with E-state index >= 15 is 0 Å². The Morgan fingerprint density at radius 3 is 2.69 bits per heavy atom. The van der Waals surface area contributed by atoms with Gasteiger partial charge in [0, 0.05) is 24.2 Å². The van der Waals surface area contributed by atoms with E-state index < -0.39 is 17.9 Å². The molecule has 0 aliphatic heterocycles. The lowest BCUT2D eigenvalue weighted by molar-refractivity contribution is -0.189. The zero-order valence-corrected chi connectivity index (χ0v) is 14.6. The molecule has 1 N–H and O–H groups in total. The van der Waals surface area contributed by atoms with Crippen LogP contribution in [0.3, 0.4) is 0 Å². The normalized spacial score (nSPS) is 11.6. The van der Waals surface area contributed by atoms with Crippen LogP contribution in [-0.4, -0.2) is 39.2 Å². The third-order valence-electron chi connectivity index (χ3n) is 3.88. The second-order valence-corrected chi connectivity index (χ2v) is 5.78. The van der Waals surface area contributed by atoms with E-state index in [0.29, 0.717) is 16.9 Å². The van der Waals surface area contributed by atoms with Gasteiger partial charge in [0.1, 0.15) is 5.75 Å². The van der Waals surface area contributed by atoms with E-state index in [4.69, 9.17) is 9.15 Å². The highest BCUT2D eigenvalue weighted by Gasteiger charge is 2.42. The number of H-pyrrole nitrogens is 1. The van der Waals surface area contributed by atoms with E-state index in [0.717, 1.165) is 0 Å². The molecule has 8 nitrogen and oxygen atoms in total. The van der Waals surface area contributed by atoms with E-state index in [1.54, 1.807) is 6.07 Å². The summed E-state index contributed by atoms with van der Waals surface area (Å²) in [5.41, 5.74) is 0.929. The predicted molar refractivity (Wildman–Crippen MR) is 93.1 cm³/mol. The molecule has 0 atom stereocenters.